The molecule has 0 unspecified atom stereocenters. The molecule has 3 rings (SSSR count). The fourth-order valence-electron chi connectivity index (χ4n) is 3.30. The summed E-state index contributed by atoms with van der Waals surface area (Å²) in [5, 5.41) is 14.6. The first-order valence-electron chi connectivity index (χ1n) is 6.96. The van der Waals surface area contributed by atoms with Crippen LogP contribution in [-0.2, 0) is 0 Å². The maximum atomic E-state index is 8.85. The monoisotopic (exact) mass is 306 g/mol. The molecule has 0 aliphatic heterocycles. The molecule has 2 bridgehead atoms. The van der Waals surface area contributed by atoms with E-state index >= 15 is 0 Å². The van der Waals surface area contributed by atoms with E-state index < -0.39 is 0 Å². The van der Waals surface area contributed by atoms with Crippen LogP contribution in [0.2, 0.25) is 0 Å². The molecule has 0 aromatic carbocycles. The van der Waals surface area contributed by atoms with Gasteiger partial charge in [-0.1, -0.05) is 6.42 Å². The van der Waals surface area contributed by atoms with Crippen LogP contribution in [0.1, 0.15) is 25.7 Å². The number of hydrogen-bond donors (Lipinski definition) is 3. The first-order chi connectivity index (χ1) is 9.74. The molecule has 1 aromatic rings. The molecule has 2 aliphatic rings. The second kappa shape index (κ2) is 6.64. The van der Waals surface area contributed by atoms with E-state index in [9.17, 15) is 0 Å². The van der Waals surface area contributed by atoms with Gasteiger partial charge in [0.2, 0.25) is 5.96 Å². The van der Waals surface area contributed by atoms with Crippen LogP contribution in [-0.4, -0.2) is 17.0 Å². The molecule has 2 aliphatic carbocycles. The molecule has 0 saturated heterocycles. The number of guanidine groups is 1. The van der Waals surface area contributed by atoms with Crippen molar-refractivity contribution in [1.82, 2.24) is 10.3 Å². The Kier molecular flexibility index (Phi) is 4.86. The third-order valence-electron chi connectivity index (χ3n) is 4.22. The number of nitriles is 1. The molecular weight excluding hydrogens is 288 g/mol. The second-order valence-corrected chi connectivity index (χ2v) is 5.55. The number of aromatic nitrogens is 1. The number of anilines is 2. The average molecular weight is 307 g/mol. The lowest BCUT2D eigenvalue weighted by molar-refractivity contribution is 0.420. The number of halogens is 1. The third kappa shape index (κ3) is 3.56. The first-order valence-corrected chi connectivity index (χ1v) is 6.96. The van der Waals surface area contributed by atoms with E-state index in [1.54, 1.807) is 12.3 Å². The molecule has 2 saturated carbocycles. The Labute approximate surface area is 130 Å². The highest BCUT2D eigenvalue weighted by Crippen LogP contribution is 2.45. The highest BCUT2D eigenvalue weighted by molar-refractivity contribution is 5.94. The van der Waals surface area contributed by atoms with Gasteiger partial charge in [0.25, 0.3) is 0 Å². The van der Waals surface area contributed by atoms with Crippen LogP contribution in [0.4, 0.5) is 11.5 Å². The second-order valence-electron chi connectivity index (χ2n) is 5.55. The van der Waals surface area contributed by atoms with Gasteiger partial charge < -0.3 is 11.1 Å². The lowest BCUT2D eigenvalue weighted by Gasteiger charge is -2.19. The third-order valence-corrected chi connectivity index (χ3v) is 4.22. The van der Waals surface area contributed by atoms with Gasteiger partial charge in [0, 0.05) is 0 Å². The van der Waals surface area contributed by atoms with Crippen molar-refractivity contribution < 1.29 is 0 Å². The number of rotatable bonds is 2. The number of pyridine rings is 1. The van der Waals surface area contributed by atoms with Gasteiger partial charge in [0.05, 0.1) is 17.9 Å². The predicted octanol–water partition coefficient (Wildman–Crippen LogP) is 2.11. The molecule has 1 aromatic heterocycles. The Bertz CT molecular complexity index is 550. The summed E-state index contributed by atoms with van der Waals surface area (Å²) in [7, 11) is 0. The molecule has 0 amide bonds. The van der Waals surface area contributed by atoms with E-state index in [0.29, 0.717) is 23.7 Å². The van der Waals surface area contributed by atoms with Crippen LogP contribution in [0.25, 0.3) is 0 Å². The first kappa shape index (κ1) is 15.4. The molecule has 0 spiro atoms. The summed E-state index contributed by atoms with van der Waals surface area (Å²) >= 11 is 0. The van der Waals surface area contributed by atoms with Crippen molar-refractivity contribution in [2.24, 2.45) is 16.8 Å². The molecule has 3 atom stereocenters. The lowest BCUT2D eigenvalue weighted by atomic mass is 9.96. The van der Waals surface area contributed by atoms with Crippen LogP contribution in [0.5, 0.6) is 0 Å². The van der Waals surface area contributed by atoms with Crippen molar-refractivity contribution in [1.29, 1.82) is 5.26 Å². The molecule has 4 N–H and O–H groups in total. The minimum Gasteiger partial charge on any atom is -0.384 e. The average Bonchev–Trinajstić information content (AvgIpc) is 3.04. The lowest BCUT2D eigenvalue weighted by Crippen LogP contribution is -2.30. The van der Waals surface area contributed by atoms with E-state index in [-0.39, 0.29) is 12.4 Å². The molecule has 112 valence electrons. The van der Waals surface area contributed by atoms with E-state index in [1.165, 1.54) is 19.3 Å². The van der Waals surface area contributed by atoms with Gasteiger partial charge in [-0.2, -0.15) is 5.26 Å². The zero-order chi connectivity index (χ0) is 13.9. The minimum atomic E-state index is 0. The zero-order valence-electron chi connectivity index (χ0n) is 11.6. The quantitative estimate of drug-likeness (QED) is 0.336. The highest BCUT2D eigenvalue weighted by atomic mass is 35.5. The smallest absolute Gasteiger partial charge is 0.209 e. The fraction of sp³-hybridized carbons (Fsp3) is 0.500. The van der Waals surface area contributed by atoms with Crippen molar-refractivity contribution in [3.05, 3.63) is 18.3 Å². The number of nitrogen functional groups attached to an aromatic ring is 1. The highest BCUT2D eigenvalue weighted by Gasteiger charge is 2.39. The van der Waals surface area contributed by atoms with Crippen LogP contribution in [0.3, 0.4) is 0 Å². The molecular formula is C14H19ClN6. The number of fused-ring (bicyclic) bond motifs is 2. The summed E-state index contributed by atoms with van der Waals surface area (Å²) in [4.78, 5) is 8.69. The predicted molar refractivity (Wildman–Crippen MR) is 84.9 cm³/mol. The summed E-state index contributed by atoms with van der Waals surface area (Å²) in [5.74, 6) is 2.48. The largest absolute Gasteiger partial charge is 0.384 e. The summed E-state index contributed by atoms with van der Waals surface area (Å²) in [6, 6.07) is 3.86. The van der Waals surface area contributed by atoms with Crippen LogP contribution >= 0.6 is 12.4 Å². The summed E-state index contributed by atoms with van der Waals surface area (Å²) in [6.45, 7) is 0. The van der Waals surface area contributed by atoms with Crippen LogP contribution in [0, 0.1) is 23.3 Å². The Balaban J connectivity index is 0.00000161. The number of nitrogens with one attached hydrogen (secondary N) is 2. The van der Waals surface area contributed by atoms with E-state index in [2.05, 4.69) is 20.6 Å². The maximum Gasteiger partial charge on any atom is 0.209 e. The summed E-state index contributed by atoms with van der Waals surface area (Å²) < 4.78 is 0. The Hall–Kier alpha value is -2.00. The van der Waals surface area contributed by atoms with Gasteiger partial charge in [0.1, 0.15) is 5.82 Å². The molecule has 0 radical (unpaired) electrons. The van der Waals surface area contributed by atoms with Gasteiger partial charge in [-0.25, -0.2) is 9.98 Å². The summed E-state index contributed by atoms with van der Waals surface area (Å²) in [5.41, 5.74) is 6.32. The topological polar surface area (TPSA) is 99.1 Å². The SMILES string of the molecule is Cl.N#CNC(=N[C@@H]1C[C@@H]2CC[C@H]1C2)Nc1ccc(N)nc1. The van der Waals surface area contributed by atoms with E-state index in [4.69, 9.17) is 11.0 Å². The molecule has 21 heavy (non-hydrogen) atoms. The van der Waals surface area contributed by atoms with Crippen molar-refractivity contribution in [3.8, 4) is 6.19 Å². The van der Waals surface area contributed by atoms with Gasteiger partial charge >= 0.3 is 0 Å². The summed E-state index contributed by atoms with van der Waals surface area (Å²) in [6.07, 6.45) is 8.60. The van der Waals surface area contributed by atoms with Crippen molar-refractivity contribution in [2.45, 2.75) is 31.7 Å². The maximum absolute atomic E-state index is 8.85. The van der Waals surface area contributed by atoms with E-state index in [0.717, 1.165) is 18.0 Å². The molecule has 7 heteroatoms. The zero-order valence-corrected chi connectivity index (χ0v) is 12.4. The Morgan fingerprint density at radius 1 is 1.38 bits per heavy atom. The molecule has 1 heterocycles. The fourth-order valence-corrected chi connectivity index (χ4v) is 3.30. The number of nitrogens with zero attached hydrogens (tertiary/aromatic N) is 3. The Morgan fingerprint density at radius 3 is 2.81 bits per heavy atom. The standard InChI is InChI=1S/C14H18N6.ClH/c15-8-18-14(19-11-3-4-13(16)17-7-11)20-12-6-9-1-2-10(12)5-9;/h3-4,7,9-10,12H,1-2,5-6H2,(H2,16,17)(H2,18,19,20);1H/t9-,10+,12-;/m1./s1. The normalized spacial score (nSPS) is 26.8. The number of aliphatic imine (C=N–C) groups is 1. The van der Waals surface area contributed by atoms with Crippen molar-refractivity contribution in [2.75, 3.05) is 11.1 Å². The molecule has 2 fully saturated rings. The van der Waals surface area contributed by atoms with Gasteiger partial charge in [0.15, 0.2) is 6.19 Å². The van der Waals surface area contributed by atoms with Gasteiger partial charge in [-0.05, 0) is 43.2 Å². The van der Waals surface area contributed by atoms with Crippen molar-refractivity contribution >= 4 is 29.9 Å². The van der Waals surface area contributed by atoms with Crippen molar-refractivity contribution in [3.63, 3.8) is 0 Å². The van der Waals surface area contributed by atoms with E-state index in [1.807, 2.05) is 12.3 Å². The number of hydrogen-bond acceptors (Lipinski definition) is 4. The van der Waals surface area contributed by atoms with Gasteiger partial charge in [-0.15, -0.1) is 12.4 Å². The number of nitrogens with two attached hydrogens (primary N) is 1. The molecule has 6 nitrogen and oxygen atoms in total. The van der Waals surface area contributed by atoms with Crippen LogP contribution < -0.4 is 16.4 Å². The Morgan fingerprint density at radius 2 is 2.24 bits per heavy atom. The minimum absolute atomic E-state index is 0. The van der Waals surface area contributed by atoms with Crippen LogP contribution in [0.15, 0.2) is 23.3 Å². The van der Waals surface area contributed by atoms with Gasteiger partial charge in [-0.3, -0.25) is 5.32 Å².